The van der Waals surface area contributed by atoms with Gasteiger partial charge in [0.1, 0.15) is 0 Å². The quantitative estimate of drug-likeness (QED) is 0.699. The van der Waals surface area contributed by atoms with Gasteiger partial charge in [-0.1, -0.05) is 12.1 Å². The second-order valence-electron chi connectivity index (χ2n) is 3.38. The Hall–Kier alpha value is -2.14. The molecular weight excluding hydrogens is 184 g/mol. The van der Waals surface area contributed by atoms with E-state index in [1.165, 1.54) is 0 Å². The Kier molecular flexibility index (Phi) is 2.47. The minimum absolute atomic E-state index is 0.695. The van der Waals surface area contributed by atoms with Crippen LogP contribution in [-0.2, 0) is 0 Å². The van der Waals surface area contributed by atoms with E-state index in [0.717, 1.165) is 16.7 Å². The van der Waals surface area contributed by atoms with Gasteiger partial charge >= 0.3 is 0 Å². The standard InChI is InChI=1S/C13H10N2/c1-10-7-11(8-14)4-5-13(10)12-3-2-6-15-9-12/h2-7,9H,1H3. The van der Waals surface area contributed by atoms with Crippen molar-refractivity contribution < 1.29 is 0 Å². The van der Waals surface area contributed by atoms with Gasteiger partial charge in [-0.05, 0) is 36.2 Å². The summed E-state index contributed by atoms with van der Waals surface area (Å²) in [7, 11) is 0. The molecule has 2 aromatic rings. The highest BCUT2D eigenvalue weighted by atomic mass is 14.6. The number of aryl methyl sites for hydroxylation is 1. The molecule has 0 saturated carbocycles. The van der Waals surface area contributed by atoms with Crippen LogP contribution in [0.5, 0.6) is 0 Å². The van der Waals surface area contributed by atoms with Crippen molar-refractivity contribution in [1.82, 2.24) is 4.98 Å². The van der Waals surface area contributed by atoms with Gasteiger partial charge in [-0.3, -0.25) is 4.98 Å². The minimum Gasteiger partial charge on any atom is -0.264 e. The second-order valence-corrected chi connectivity index (χ2v) is 3.38. The zero-order valence-electron chi connectivity index (χ0n) is 8.44. The normalized spacial score (nSPS) is 9.60. The number of rotatable bonds is 1. The third-order valence-corrected chi connectivity index (χ3v) is 2.33. The maximum Gasteiger partial charge on any atom is 0.0991 e. The van der Waals surface area contributed by atoms with Crippen LogP contribution in [0.1, 0.15) is 11.1 Å². The van der Waals surface area contributed by atoms with Crippen LogP contribution in [0.25, 0.3) is 11.1 Å². The summed E-state index contributed by atoms with van der Waals surface area (Å²) >= 11 is 0. The number of aromatic nitrogens is 1. The molecule has 1 aromatic heterocycles. The Labute approximate surface area is 88.8 Å². The molecule has 2 rings (SSSR count). The summed E-state index contributed by atoms with van der Waals surface area (Å²) < 4.78 is 0. The molecule has 0 saturated heterocycles. The lowest BCUT2D eigenvalue weighted by Crippen LogP contribution is -1.85. The maximum absolute atomic E-state index is 8.76. The van der Waals surface area contributed by atoms with Crippen LogP contribution in [0, 0.1) is 18.3 Å². The molecule has 2 nitrogen and oxygen atoms in total. The fourth-order valence-electron chi connectivity index (χ4n) is 1.58. The number of benzene rings is 1. The Balaban J connectivity index is 2.52. The van der Waals surface area contributed by atoms with Gasteiger partial charge in [0.05, 0.1) is 11.6 Å². The van der Waals surface area contributed by atoms with Gasteiger partial charge in [0.15, 0.2) is 0 Å². The van der Waals surface area contributed by atoms with Gasteiger partial charge in [0.2, 0.25) is 0 Å². The average Bonchev–Trinajstić information content (AvgIpc) is 2.30. The van der Waals surface area contributed by atoms with Gasteiger partial charge in [-0.2, -0.15) is 5.26 Å². The smallest absolute Gasteiger partial charge is 0.0991 e. The highest BCUT2D eigenvalue weighted by Crippen LogP contribution is 2.22. The molecule has 1 heterocycles. The van der Waals surface area contributed by atoms with Crippen molar-refractivity contribution in [2.45, 2.75) is 6.92 Å². The lowest BCUT2D eigenvalue weighted by atomic mass is 10.0. The summed E-state index contributed by atoms with van der Waals surface area (Å²) in [6.07, 6.45) is 3.58. The molecule has 0 bridgehead atoms. The zero-order valence-corrected chi connectivity index (χ0v) is 8.44. The lowest BCUT2D eigenvalue weighted by molar-refractivity contribution is 1.32. The fraction of sp³-hybridized carbons (Fsp3) is 0.0769. The summed E-state index contributed by atoms with van der Waals surface area (Å²) in [5.41, 5.74) is 4.00. The number of nitriles is 1. The number of pyridine rings is 1. The molecule has 72 valence electrons. The summed E-state index contributed by atoms with van der Waals surface area (Å²) in [6, 6.07) is 11.7. The highest BCUT2D eigenvalue weighted by Gasteiger charge is 2.02. The average molecular weight is 194 g/mol. The maximum atomic E-state index is 8.76. The van der Waals surface area contributed by atoms with Gasteiger partial charge in [-0.15, -0.1) is 0 Å². The first-order valence-corrected chi connectivity index (χ1v) is 4.72. The van der Waals surface area contributed by atoms with E-state index < -0.39 is 0 Å². The van der Waals surface area contributed by atoms with Crippen LogP contribution in [0.2, 0.25) is 0 Å². The predicted molar refractivity (Wildman–Crippen MR) is 59.1 cm³/mol. The third-order valence-electron chi connectivity index (χ3n) is 2.33. The molecule has 0 aliphatic rings. The van der Waals surface area contributed by atoms with E-state index in [1.807, 2.05) is 43.5 Å². The van der Waals surface area contributed by atoms with Gasteiger partial charge in [0.25, 0.3) is 0 Å². The third kappa shape index (κ3) is 1.87. The first kappa shape index (κ1) is 9.42. The Morgan fingerprint density at radius 3 is 2.73 bits per heavy atom. The molecule has 15 heavy (non-hydrogen) atoms. The number of nitrogens with zero attached hydrogens (tertiary/aromatic N) is 2. The summed E-state index contributed by atoms with van der Waals surface area (Å²) in [6.45, 7) is 2.00. The molecule has 0 radical (unpaired) electrons. The first-order valence-electron chi connectivity index (χ1n) is 4.72. The van der Waals surface area contributed by atoms with Crippen LogP contribution >= 0.6 is 0 Å². The van der Waals surface area contributed by atoms with Crippen molar-refractivity contribution in [1.29, 1.82) is 5.26 Å². The molecule has 2 heteroatoms. The topological polar surface area (TPSA) is 36.7 Å². The van der Waals surface area contributed by atoms with E-state index >= 15 is 0 Å². The van der Waals surface area contributed by atoms with Crippen molar-refractivity contribution in [3.63, 3.8) is 0 Å². The molecule has 0 fully saturated rings. The second kappa shape index (κ2) is 3.93. The Bertz CT molecular complexity index is 510. The van der Waals surface area contributed by atoms with E-state index in [0.29, 0.717) is 5.56 Å². The van der Waals surface area contributed by atoms with E-state index in [2.05, 4.69) is 11.1 Å². The number of hydrogen-bond acceptors (Lipinski definition) is 2. The largest absolute Gasteiger partial charge is 0.264 e. The van der Waals surface area contributed by atoms with Crippen LogP contribution in [-0.4, -0.2) is 4.98 Å². The molecule has 1 aromatic carbocycles. The Morgan fingerprint density at radius 2 is 2.13 bits per heavy atom. The van der Waals surface area contributed by atoms with Crippen LogP contribution in [0.4, 0.5) is 0 Å². The van der Waals surface area contributed by atoms with Crippen molar-refractivity contribution in [2.75, 3.05) is 0 Å². The molecule has 0 atom stereocenters. The monoisotopic (exact) mass is 194 g/mol. The molecule has 0 unspecified atom stereocenters. The fourth-order valence-corrected chi connectivity index (χ4v) is 1.58. The molecule has 0 amide bonds. The van der Waals surface area contributed by atoms with Crippen molar-refractivity contribution in [3.05, 3.63) is 53.9 Å². The van der Waals surface area contributed by atoms with Gasteiger partial charge < -0.3 is 0 Å². The molecule has 0 aliphatic carbocycles. The molecule has 0 N–H and O–H groups in total. The summed E-state index contributed by atoms with van der Waals surface area (Å²) in [4.78, 5) is 4.08. The van der Waals surface area contributed by atoms with Gasteiger partial charge in [0, 0.05) is 18.0 Å². The number of hydrogen-bond donors (Lipinski definition) is 0. The zero-order chi connectivity index (χ0) is 10.7. The van der Waals surface area contributed by atoms with Crippen LogP contribution in [0.3, 0.4) is 0 Å². The van der Waals surface area contributed by atoms with E-state index in [1.54, 1.807) is 6.20 Å². The van der Waals surface area contributed by atoms with Crippen molar-refractivity contribution in [2.24, 2.45) is 0 Å². The predicted octanol–water partition coefficient (Wildman–Crippen LogP) is 2.93. The Morgan fingerprint density at radius 1 is 1.27 bits per heavy atom. The van der Waals surface area contributed by atoms with Crippen molar-refractivity contribution in [3.8, 4) is 17.2 Å². The summed E-state index contributed by atoms with van der Waals surface area (Å²) in [5, 5.41) is 8.76. The SMILES string of the molecule is Cc1cc(C#N)ccc1-c1cccnc1. The summed E-state index contributed by atoms with van der Waals surface area (Å²) in [5.74, 6) is 0. The molecule has 0 spiro atoms. The van der Waals surface area contributed by atoms with Crippen LogP contribution < -0.4 is 0 Å². The first-order chi connectivity index (χ1) is 7.31. The van der Waals surface area contributed by atoms with E-state index in [-0.39, 0.29) is 0 Å². The van der Waals surface area contributed by atoms with Gasteiger partial charge in [-0.25, -0.2) is 0 Å². The molecular formula is C13H10N2. The van der Waals surface area contributed by atoms with Crippen molar-refractivity contribution >= 4 is 0 Å². The highest BCUT2D eigenvalue weighted by molar-refractivity contribution is 5.67. The van der Waals surface area contributed by atoms with E-state index in [9.17, 15) is 0 Å². The van der Waals surface area contributed by atoms with Crippen LogP contribution in [0.15, 0.2) is 42.7 Å². The minimum atomic E-state index is 0.695. The lowest BCUT2D eigenvalue weighted by Gasteiger charge is -2.05. The molecule has 0 aliphatic heterocycles. The van der Waals surface area contributed by atoms with E-state index in [4.69, 9.17) is 5.26 Å².